The molecular weight excluding hydrogens is 191 g/mol. The Morgan fingerprint density at radius 3 is 2.87 bits per heavy atom. The molecule has 2 N–H and O–H groups in total. The van der Waals surface area contributed by atoms with Gasteiger partial charge in [0.2, 0.25) is 0 Å². The molecule has 0 aromatic carbocycles. The molecule has 0 aliphatic rings. The van der Waals surface area contributed by atoms with E-state index in [0.717, 1.165) is 19.3 Å². The van der Waals surface area contributed by atoms with Gasteiger partial charge in [-0.3, -0.25) is 4.98 Å². The maximum Gasteiger partial charge on any atom is 0.146 e. The molecule has 0 radical (unpaired) electrons. The Balaban J connectivity index is 2.61. The molecule has 0 aliphatic carbocycles. The molecule has 0 amide bonds. The summed E-state index contributed by atoms with van der Waals surface area (Å²) in [5.74, 6) is 0.222. The van der Waals surface area contributed by atoms with Crippen molar-refractivity contribution in [3.05, 3.63) is 29.8 Å². The van der Waals surface area contributed by atoms with Crippen molar-refractivity contribution in [2.45, 2.75) is 39.2 Å². The minimum Gasteiger partial charge on any atom is -0.323 e. The Labute approximate surface area is 90.7 Å². The minimum absolute atomic E-state index is 0.284. The van der Waals surface area contributed by atoms with E-state index in [-0.39, 0.29) is 11.9 Å². The molecule has 3 heteroatoms. The van der Waals surface area contributed by atoms with Crippen LogP contribution in [0.1, 0.15) is 44.8 Å². The summed E-state index contributed by atoms with van der Waals surface area (Å²) in [4.78, 5) is 3.99. The summed E-state index contributed by atoms with van der Waals surface area (Å²) in [5, 5.41) is 0. The van der Waals surface area contributed by atoms with Gasteiger partial charge in [0.15, 0.2) is 0 Å². The number of hydrogen-bond donors (Lipinski definition) is 1. The zero-order valence-corrected chi connectivity index (χ0v) is 9.41. The summed E-state index contributed by atoms with van der Waals surface area (Å²) in [7, 11) is 0. The van der Waals surface area contributed by atoms with Crippen LogP contribution in [0.5, 0.6) is 0 Å². The number of rotatable bonds is 5. The molecule has 0 bridgehead atoms. The predicted octanol–water partition coefficient (Wildman–Crippen LogP) is 3.05. The molecule has 0 aliphatic heterocycles. The first-order valence-corrected chi connectivity index (χ1v) is 5.51. The molecule has 2 nitrogen and oxygen atoms in total. The highest BCUT2D eigenvalue weighted by Gasteiger charge is 2.15. The quantitative estimate of drug-likeness (QED) is 0.811. The number of nitrogens with two attached hydrogens (primary N) is 1. The Hall–Kier alpha value is -0.960. The predicted molar refractivity (Wildman–Crippen MR) is 59.8 cm³/mol. The van der Waals surface area contributed by atoms with Crippen LogP contribution in [0.15, 0.2) is 18.3 Å². The van der Waals surface area contributed by atoms with Gasteiger partial charge in [-0.1, -0.05) is 26.7 Å². The van der Waals surface area contributed by atoms with Gasteiger partial charge in [0.1, 0.15) is 5.82 Å². The second kappa shape index (κ2) is 5.81. The molecule has 0 spiro atoms. The topological polar surface area (TPSA) is 38.9 Å². The summed E-state index contributed by atoms with van der Waals surface area (Å²) < 4.78 is 13.3. The first kappa shape index (κ1) is 12.1. The van der Waals surface area contributed by atoms with Crippen LogP contribution in [0.25, 0.3) is 0 Å². The van der Waals surface area contributed by atoms with Crippen molar-refractivity contribution in [2.75, 3.05) is 0 Å². The maximum atomic E-state index is 13.3. The van der Waals surface area contributed by atoms with Crippen LogP contribution < -0.4 is 5.73 Å². The van der Waals surface area contributed by atoms with Crippen molar-refractivity contribution >= 4 is 0 Å². The van der Waals surface area contributed by atoms with Crippen LogP contribution >= 0.6 is 0 Å². The van der Waals surface area contributed by atoms with Crippen LogP contribution in [-0.4, -0.2) is 4.98 Å². The fraction of sp³-hybridized carbons (Fsp3) is 0.583. The van der Waals surface area contributed by atoms with E-state index in [2.05, 4.69) is 18.8 Å². The lowest BCUT2D eigenvalue weighted by atomic mass is 9.96. The molecule has 1 aromatic heterocycles. The Morgan fingerprint density at radius 2 is 2.27 bits per heavy atom. The van der Waals surface area contributed by atoms with E-state index < -0.39 is 0 Å². The van der Waals surface area contributed by atoms with Gasteiger partial charge in [-0.05, 0) is 24.5 Å². The first-order chi connectivity index (χ1) is 7.15. The summed E-state index contributed by atoms with van der Waals surface area (Å²) in [5.41, 5.74) is 6.31. The highest BCUT2D eigenvalue weighted by molar-refractivity contribution is 5.11. The van der Waals surface area contributed by atoms with Gasteiger partial charge in [0.05, 0.1) is 11.7 Å². The number of nitrogens with zero attached hydrogens (tertiary/aromatic N) is 1. The molecule has 1 rings (SSSR count). The van der Waals surface area contributed by atoms with Gasteiger partial charge >= 0.3 is 0 Å². The van der Waals surface area contributed by atoms with Crippen molar-refractivity contribution in [1.29, 1.82) is 0 Å². The van der Waals surface area contributed by atoms with Gasteiger partial charge in [-0.25, -0.2) is 4.39 Å². The Kier molecular flexibility index (Phi) is 4.69. The first-order valence-electron chi connectivity index (χ1n) is 5.51. The average Bonchev–Trinajstić information content (AvgIpc) is 2.18. The smallest absolute Gasteiger partial charge is 0.146 e. The van der Waals surface area contributed by atoms with Crippen molar-refractivity contribution in [3.8, 4) is 0 Å². The van der Waals surface area contributed by atoms with Crippen LogP contribution in [0, 0.1) is 11.7 Å². The lowest BCUT2D eigenvalue weighted by Gasteiger charge is -2.16. The third-order valence-electron chi connectivity index (χ3n) is 2.58. The van der Waals surface area contributed by atoms with Crippen LogP contribution in [0.2, 0.25) is 0 Å². The van der Waals surface area contributed by atoms with Crippen LogP contribution in [0.3, 0.4) is 0 Å². The fourth-order valence-corrected chi connectivity index (χ4v) is 1.83. The highest BCUT2D eigenvalue weighted by atomic mass is 19.1. The third kappa shape index (κ3) is 3.59. The molecule has 0 fully saturated rings. The molecule has 0 saturated carbocycles. The number of hydrogen-bond acceptors (Lipinski definition) is 2. The summed E-state index contributed by atoms with van der Waals surface area (Å²) >= 11 is 0. The Morgan fingerprint density at radius 1 is 1.53 bits per heavy atom. The number of halogens is 1. The molecule has 2 atom stereocenters. The van der Waals surface area contributed by atoms with Gasteiger partial charge in [0.25, 0.3) is 0 Å². The van der Waals surface area contributed by atoms with E-state index >= 15 is 0 Å². The molecule has 0 saturated heterocycles. The third-order valence-corrected chi connectivity index (χ3v) is 2.58. The summed E-state index contributed by atoms with van der Waals surface area (Å²) in [6.45, 7) is 4.29. The van der Waals surface area contributed by atoms with Crippen molar-refractivity contribution in [1.82, 2.24) is 4.98 Å². The summed E-state index contributed by atoms with van der Waals surface area (Å²) in [6.07, 6.45) is 4.64. The molecule has 2 unspecified atom stereocenters. The molecule has 1 heterocycles. The maximum absolute atomic E-state index is 13.3. The average molecular weight is 210 g/mol. The number of aromatic nitrogens is 1. The molecular formula is C12H19FN2. The monoisotopic (exact) mass is 210 g/mol. The van der Waals surface area contributed by atoms with E-state index in [4.69, 9.17) is 5.73 Å². The lowest BCUT2D eigenvalue weighted by molar-refractivity contribution is 0.425. The zero-order chi connectivity index (χ0) is 11.3. The summed E-state index contributed by atoms with van der Waals surface area (Å²) in [6, 6.07) is 2.71. The van der Waals surface area contributed by atoms with Gasteiger partial charge in [0, 0.05) is 6.20 Å². The van der Waals surface area contributed by atoms with E-state index in [1.54, 1.807) is 12.3 Å². The normalized spacial score (nSPS) is 14.9. The van der Waals surface area contributed by atoms with Crippen LogP contribution in [-0.2, 0) is 0 Å². The van der Waals surface area contributed by atoms with Gasteiger partial charge < -0.3 is 5.73 Å². The Bertz CT molecular complexity index is 301. The fourth-order valence-electron chi connectivity index (χ4n) is 1.83. The second-order valence-corrected chi connectivity index (χ2v) is 4.11. The zero-order valence-electron chi connectivity index (χ0n) is 9.41. The minimum atomic E-state index is -0.298. The van der Waals surface area contributed by atoms with Gasteiger partial charge in [-0.2, -0.15) is 0 Å². The van der Waals surface area contributed by atoms with Gasteiger partial charge in [-0.15, -0.1) is 0 Å². The second-order valence-electron chi connectivity index (χ2n) is 4.11. The van der Waals surface area contributed by atoms with E-state index in [0.29, 0.717) is 11.6 Å². The molecule has 15 heavy (non-hydrogen) atoms. The molecule has 1 aromatic rings. The molecule has 84 valence electrons. The SMILES string of the molecule is CCCC(C)CC(N)c1ncccc1F. The van der Waals surface area contributed by atoms with Crippen molar-refractivity contribution < 1.29 is 4.39 Å². The highest BCUT2D eigenvalue weighted by Crippen LogP contribution is 2.21. The van der Waals surface area contributed by atoms with E-state index in [1.165, 1.54) is 6.07 Å². The number of pyridine rings is 1. The standard InChI is InChI=1S/C12H19FN2/c1-3-5-9(2)8-11(14)12-10(13)6-4-7-15-12/h4,6-7,9,11H,3,5,8,14H2,1-2H3. The van der Waals surface area contributed by atoms with Crippen molar-refractivity contribution in [3.63, 3.8) is 0 Å². The van der Waals surface area contributed by atoms with Crippen molar-refractivity contribution in [2.24, 2.45) is 11.7 Å². The largest absolute Gasteiger partial charge is 0.323 e. The van der Waals surface area contributed by atoms with E-state index in [1.807, 2.05) is 0 Å². The lowest BCUT2D eigenvalue weighted by Crippen LogP contribution is -2.17. The van der Waals surface area contributed by atoms with Crippen LogP contribution in [0.4, 0.5) is 4.39 Å². The van der Waals surface area contributed by atoms with E-state index in [9.17, 15) is 4.39 Å².